The fourth-order valence-electron chi connectivity index (χ4n) is 1.69. The summed E-state index contributed by atoms with van der Waals surface area (Å²) >= 11 is 0. The molecule has 0 fully saturated rings. The molecule has 1 unspecified atom stereocenters. The lowest BCUT2D eigenvalue weighted by Gasteiger charge is -2.21. The van der Waals surface area contributed by atoms with Gasteiger partial charge in [-0.2, -0.15) is 0 Å². The van der Waals surface area contributed by atoms with E-state index >= 15 is 0 Å². The summed E-state index contributed by atoms with van der Waals surface area (Å²) in [5.41, 5.74) is 7.10. The maximum Gasteiger partial charge on any atom is 0.105 e. The van der Waals surface area contributed by atoms with Crippen LogP contribution >= 0.6 is 0 Å². The van der Waals surface area contributed by atoms with Crippen LogP contribution in [0, 0.1) is 6.92 Å². The van der Waals surface area contributed by atoms with Gasteiger partial charge >= 0.3 is 0 Å². The smallest absolute Gasteiger partial charge is 0.105 e. The minimum Gasteiger partial charge on any atom is -0.331 e. The van der Waals surface area contributed by atoms with E-state index in [1.807, 2.05) is 13.1 Å². The van der Waals surface area contributed by atoms with E-state index in [1.54, 1.807) is 0 Å². The molecule has 1 aliphatic rings. The molecule has 1 aromatic rings. The lowest BCUT2D eigenvalue weighted by molar-refractivity contribution is 0.456. The first kappa shape index (κ1) is 6.85. The van der Waals surface area contributed by atoms with Crippen LogP contribution in [0.4, 0.5) is 0 Å². The fourth-order valence-corrected chi connectivity index (χ4v) is 1.69. The summed E-state index contributed by atoms with van der Waals surface area (Å²) < 4.78 is 2.22. The van der Waals surface area contributed by atoms with Gasteiger partial charge in [0.05, 0.1) is 11.9 Å². The highest BCUT2D eigenvalue weighted by molar-refractivity contribution is 5.10. The van der Waals surface area contributed by atoms with Crippen LogP contribution in [0.5, 0.6) is 0 Å². The molecule has 1 aromatic heterocycles. The SMILES string of the molecule is Cc1ncc2n1CCCC2N. The predicted octanol–water partition coefficient (Wildman–Crippen LogP) is 0.985. The van der Waals surface area contributed by atoms with Gasteiger partial charge in [-0.05, 0) is 19.8 Å². The summed E-state index contributed by atoms with van der Waals surface area (Å²) in [5, 5.41) is 0. The molecule has 3 heteroatoms. The standard InChI is InChI=1S/C8H13N3/c1-6-10-5-8-7(9)3-2-4-11(6)8/h5,7H,2-4,9H2,1H3. The van der Waals surface area contributed by atoms with Crippen molar-refractivity contribution in [3.8, 4) is 0 Å². The minimum atomic E-state index is 0.213. The molecule has 0 aliphatic carbocycles. The van der Waals surface area contributed by atoms with Crippen molar-refractivity contribution in [3.63, 3.8) is 0 Å². The second-order valence-electron chi connectivity index (χ2n) is 3.13. The van der Waals surface area contributed by atoms with Crippen molar-refractivity contribution < 1.29 is 0 Å². The highest BCUT2D eigenvalue weighted by atomic mass is 15.1. The summed E-state index contributed by atoms with van der Waals surface area (Å²) in [4.78, 5) is 4.23. The van der Waals surface area contributed by atoms with Crippen molar-refractivity contribution in [2.45, 2.75) is 32.4 Å². The van der Waals surface area contributed by atoms with E-state index in [0.717, 1.165) is 18.8 Å². The second kappa shape index (κ2) is 2.34. The summed E-state index contributed by atoms with van der Waals surface area (Å²) in [6.45, 7) is 3.12. The molecule has 2 N–H and O–H groups in total. The van der Waals surface area contributed by atoms with Crippen molar-refractivity contribution in [2.75, 3.05) is 0 Å². The number of rotatable bonds is 0. The molecule has 0 saturated heterocycles. The molecule has 3 nitrogen and oxygen atoms in total. The van der Waals surface area contributed by atoms with Gasteiger partial charge in [-0.25, -0.2) is 4.98 Å². The van der Waals surface area contributed by atoms with Crippen molar-refractivity contribution in [3.05, 3.63) is 17.7 Å². The van der Waals surface area contributed by atoms with Gasteiger partial charge in [0.2, 0.25) is 0 Å². The quantitative estimate of drug-likeness (QED) is 0.600. The number of nitrogens with two attached hydrogens (primary N) is 1. The van der Waals surface area contributed by atoms with Crippen LogP contribution in [0.2, 0.25) is 0 Å². The summed E-state index contributed by atoms with van der Waals surface area (Å²) in [6.07, 6.45) is 4.19. The summed E-state index contributed by atoms with van der Waals surface area (Å²) in [6, 6.07) is 0.213. The predicted molar refractivity (Wildman–Crippen MR) is 43.1 cm³/mol. The summed E-state index contributed by atoms with van der Waals surface area (Å²) in [5.74, 6) is 1.09. The minimum absolute atomic E-state index is 0.213. The zero-order valence-electron chi connectivity index (χ0n) is 6.75. The van der Waals surface area contributed by atoms with Crippen LogP contribution in [-0.2, 0) is 6.54 Å². The number of hydrogen-bond donors (Lipinski definition) is 1. The van der Waals surface area contributed by atoms with E-state index in [4.69, 9.17) is 5.73 Å². The molecule has 0 amide bonds. The molecule has 60 valence electrons. The van der Waals surface area contributed by atoms with E-state index in [9.17, 15) is 0 Å². The van der Waals surface area contributed by atoms with Crippen LogP contribution in [0.3, 0.4) is 0 Å². The number of imidazole rings is 1. The van der Waals surface area contributed by atoms with E-state index in [-0.39, 0.29) is 6.04 Å². The van der Waals surface area contributed by atoms with E-state index in [0.29, 0.717) is 0 Å². The third-order valence-corrected chi connectivity index (χ3v) is 2.36. The largest absolute Gasteiger partial charge is 0.331 e. The molecule has 0 radical (unpaired) electrons. The Bertz CT molecular complexity index is 264. The first-order valence-electron chi connectivity index (χ1n) is 4.06. The van der Waals surface area contributed by atoms with Gasteiger partial charge in [-0.1, -0.05) is 0 Å². The number of nitrogens with zero attached hydrogens (tertiary/aromatic N) is 2. The second-order valence-corrected chi connectivity index (χ2v) is 3.13. The molecular weight excluding hydrogens is 138 g/mol. The maximum absolute atomic E-state index is 5.90. The average Bonchev–Trinajstić information content (AvgIpc) is 2.35. The van der Waals surface area contributed by atoms with Crippen molar-refractivity contribution in [1.82, 2.24) is 9.55 Å². The van der Waals surface area contributed by atoms with Crippen molar-refractivity contribution >= 4 is 0 Å². The molecule has 1 aliphatic heterocycles. The van der Waals surface area contributed by atoms with E-state index in [1.165, 1.54) is 12.1 Å². The van der Waals surface area contributed by atoms with Gasteiger partial charge in [-0.3, -0.25) is 0 Å². The van der Waals surface area contributed by atoms with Gasteiger partial charge in [0.15, 0.2) is 0 Å². The van der Waals surface area contributed by atoms with E-state index in [2.05, 4.69) is 9.55 Å². The molecule has 11 heavy (non-hydrogen) atoms. The zero-order chi connectivity index (χ0) is 7.84. The highest BCUT2D eigenvalue weighted by Crippen LogP contribution is 2.23. The van der Waals surface area contributed by atoms with Gasteiger partial charge in [0.1, 0.15) is 5.82 Å². The van der Waals surface area contributed by atoms with Crippen molar-refractivity contribution in [1.29, 1.82) is 0 Å². The van der Waals surface area contributed by atoms with Gasteiger partial charge in [0.25, 0.3) is 0 Å². The van der Waals surface area contributed by atoms with Gasteiger partial charge < -0.3 is 10.3 Å². The molecule has 0 saturated carbocycles. The molecule has 2 heterocycles. The van der Waals surface area contributed by atoms with Crippen LogP contribution < -0.4 is 5.73 Å². The van der Waals surface area contributed by atoms with Gasteiger partial charge in [-0.15, -0.1) is 0 Å². The third kappa shape index (κ3) is 0.959. The van der Waals surface area contributed by atoms with Crippen LogP contribution in [0.15, 0.2) is 6.20 Å². The van der Waals surface area contributed by atoms with Crippen LogP contribution in [-0.4, -0.2) is 9.55 Å². The van der Waals surface area contributed by atoms with Gasteiger partial charge in [0, 0.05) is 12.6 Å². The first-order chi connectivity index (χ1) is 5.29. The topological polar surface area (TPSA) is 43.8 Å². The maximum atomic E-state index is 5.90. The Morgan fingerprint density at radius 2 is 2.55 bits per heavy atom. The van der Waals surface area contributed by atoms with Crippen LogP contribution in [0.25, 0.3) is 0 Å². The molecule has 1 atom stereocenters. The Balaban J connectivity index is 2.46. The monoisotopic (exact) mass is 151 g/mol. The Morgan fingerprint density at radius 3 is 3.27 bits per heavy atom. The molecule has 0 aromatic carbocycles. The Labute approximate surface area is 66.2 Å². The Kier molecular flexibility index (Phi) is 1.46. The average molecular weight is 151 g/mol. The highest BCUT2D eigenvalue weighted by Gasteiger charge is 2.17. The first-order valence-corrected chi connectivity index (χ1v) is 4.06. The Hall–Kier alpha value is -0.830. The Morgan fingerprint density at radius 1 is 1.73 bits per heavy atom. The summed E-state index contributed by atoms with van der Waals surface area (Å²) in [7, 11) is 0. The lowest BCUT2D eigenvalue weighted by atomic mass is 10.1. The fraction of sp³-hybridized carbons (Fsp3) is 0.625. The van der Waals surface area contributed by atoms with Crippen molar-refractivity contribution in [2.24, 2.45) is 5.73 Å². The molecule has 2 rings (SSSR count). The molecule has 0 spiro atoms. The lowest BCUT2D eigenvalue weighted by Crippen LogP contribution is -2.21. The normalized spacial score (nSPS) is 23.3. The number of hydrogen-bond acceptors (Lipinski definition) is 2. The zero-order valence-corrected chi connectivity index (χ0v) is 6.75. The number of aromatic nitrogens is 2. The number of aryl methyl sites for hydroxylation is 1. The number of fused-ring (bicyclic) bond motifs is 1. The van der Waals surface area contributed by atoms with E-state index < -0.39 is 0 Å². The van der Waals surface area contributed by atoms with Crippen LogP contribution in [0.1, 0.15) is 30.4 Å². The molecule has 0 bridgehead atoms. The third-order valence-electron chi connectivity index (χ3n) is 2.36. The molecular formula is C8H13N3.